The summed E-state index contributed by atoms with van der Waals surface area (Å²) in [5, 5.41) is 14.7. The molecule has 1 saturated heterocycles. The molecule has 0 aromatic heterocycles. The summed E-state index contributed by atoms with van der Waals surface area (Å²) >= 11 is 3.35. The molecule has 0 spiro atoms. The number of anilines is 1. The van der Waals surface area contributed by atoms with Crippen LogP contribution in [0.2, 0.25) is 0 Å². The van der Waals surface area contributed by atoms with Gasteiger partial charge in [-0.2, -0.15) is 0 Å². The van der Waals surface area contributed by atoms with Crippen LogP contribution >= 0.6 is 15.9 Å². The number of benzene rings is 1. The molecular weight excluding hydrogens is 338 g/mol. The van der Waals surface area contributed by atoms with E-state index in [1.807, 2.05) is 6.92 Å². The van der Waals surface area contributed by atoms with E-state index in [-0.39, 0.29) is 23.8 Å². The first-order valence-corrected chi connectivity index (χ1v) is 7.56. The van der Waals surface area contributed by atoms with E-state index in [4.69, 9.17) is 15.7 Å². The SMILES string of the molecule is CCC1OCCC1C(=O)Nc1cc(Br)ccc1/C(N)=N/O. The van der Waals surface area contributed by atoms with E-state index in [1.54, 1.807) is 18.2 Å². The second-order valence-corrected chi connectivity index (χ2v) is 5.79. The second kappa shape index (κ2) is 6.91. The average Bonchev–Trinajstić information content (AvgIpc) is 2.95. The Balaban J connectivity index is 2.22. The number of hydrogen-bond acceptors (Lipinski definition) is 4. The van der Waals surface area contributed by atoms with Gasteiger partial charge in [0.1, 0.15) is 0 Å². The Morgan fingerprint density at radius 1 is 1.62 bits per heavy atom. The summed E-state index contributed by atoms with van der Waals surface area (Å²) in [7, 11) is 0. The van der Waals surface area contributed by atoms with Gasteiger partial charge in [0.05, 0.1) is 17.7 Å². The van der Waals surface area contributed by atoms with Crippen LogP contribution in [0, 0.1) is 5.92 Å². The Hall–Kier alpha value is -1.60. The summed E-state index contributed by atoms with van der Waals surface area (Å²) in [6, 6.07) is 5.16. The van der Waals surface area contributed by atoms with Crippen LogP contribution in [0.25, 0.3) is 0 Å². The molecule has 0 radical (unpaired) electrons. The minimum Gasteiger partial charge on any atom is -0.409 e. The number of amides is 1. The fraction of sp³-hybridized carbons (Fsp3) is 0.429. The normalized spacial score (nSPS) is 22.3. The van der Waals surface area contributed by atoms with Crippen molar-refractivity contribution in [3.05, 3.63) is 28.2 Å². The molecule has 114 valence electrons. The minimum absolute atomic E-state index is 0.0486. The number of hydrogen-bond donors (Lipinski definition) is 3. The van der Waals surface area contributed by atoms with Gasteiger partial charge >= 0.3 is 0 Å². The first-order chi connectivity index (χ1) is 10.1. The number of carbonyl (C=O) groups is 1. The van der Waals surface area contributed by atoms with Gasteiger partial charge in [-0.15, -0.1) is 0 Å². The molecule has 2 rings (SSSR count). The minimum atomic E-state index is -0.172. The van der Waals surface area contributed by atoms with Gasteiger partial charge in [0.25, 0.3) is 0 Å². The lowest BCUT2D eigenvalue weighted by Gasteiger charge is -2.18. The Kier molecular flexibility index (Phi) is 5.19. The number of ether oxygens (including phenoxy) is 1. The average molecular weight is 356 g/mol. The van der Waals surface area contributed by atoms with Gasteiger partial charge < -0.3 is 21.0 Å². The van der Waals surface area contributed by atoms with Crippen molar-refractivity contribution in [1.82, 2.24) is 0 Å². The molecule has 0 saturated carbocycles. The smallest absolute Gasteiger partial charge is 0.230 e. The van der Waals surface area contributed by atoms with Gasteiger partial charge in [-0.1, -0.05) is 28.0 Å². The van der Waals surface area contributed by atoms with Crippen molar-refractivity contribution in [1.29, 1.82) is 0 Å². The van der Waals surface area contributed by atoms with Crippen molar-refractivity contribution in [3.8, 4) is 0 Å². The Labute approximate surface area is 131 Å². The maximum atomic E-state index is 12.4. The van der Waals surface area contributed by atoms with Crippen LogP contribution in [0.1, 0.15) is 25.3 Å². The largest absolute Gasteiger partial charge is 0.409 e. The van der Waals surface area contributed by atoms with Gasteiger partial charge in [0.15, 0.2) is 5.84 Å². The molecule has 1 aliphatic rings. The van der Waals surface area contributed by atoms with E-state index in [1.165, 1.54) is 0 Å². The molecule has 1 aromatic carbocycles. The predicted molar refractivity (Wildman–Crippen MR) is 83.4 cm³/mol. The zero-order chi connectivity index (χ0) is 15.4. The third kappa shape index (κ3) is 3.54. The molecule has 7 heteroatoms. The maximum Gasteiger partial charge on any atom is 0.230 e. The van der Waals surface area contributed by atoms with Crippen molar-refractivity contribution in [3.63, 3.8) is 0 Å². The summed E-state index contributed by atoms with van der Waals surface area (Å²) < 4.78 is 6.33. The Morgan fingerprint density at radius 3 is 3.05 bits per heavy atom. The van der Waals surface area contributed by atoms with Crippen LogP contribution in [0.15, 0.2) is 27.8 Å². The standard InChI is InChI=1S/C14H18BrN3O3/c1-2-12-10(5-6-21-12)14(19)17-11-7-8(15)3-4-9(11)13(16)18-20/h3-4,7,10,12,20H,2,5-6H2,1H3,(H2,16,18)(H,17,19). The number of rotatable bonds is 4. The Bertz CT molecular complexity index is 562. The van der Waals surface area contributed by atoms with Crippen molar-refractivity contribution in [2.24, 2.45) is 16.8 Å². The topological polar surface area (TPSA) is 96.9 Å². The number of amidine groups is 1. The zero-order valence-electron chi connectivity index (χ0n) is 11.7. The summed E-state index contributed by atoms with van der Waals surface area (Å²) in [4.78, 5) is 12.4. The quantitative estimate of drug-likeness (QED) is 0.334. The maximum absolute atomic E-state index is 12.4. The molecule has 1 amide bonds. The Morgan fingerprint density at radius 2 is 2.38 bits per heavy atom. The number of oxime groups is 1. The molecule has 2 atom stereocenters. The van der Waals surface area contributed by atoms with E-state index in [0.717, 1.165) is 10.9 Å². The summed E-state index contributed by atoms with van der Waals surface area (Å²) in [6.07, 6.45) is 1.45. The number of carbonyl (C=O) groups excluding carboxylic acids is 1. The van der Waals surface area contributed by atoms with Gasteiger partial charge in [0.2, 0.25) is 5.91 Å². The number of halogens is 1. The van der Waals surface area contributed by atoms with Crippen molar-refractivity contribution >= 4 is 33.4 Å². The molecular formula is C14H18BrN3O3. The molecule has 4 N–H and O–H groups in total. The third-order valence-electron chi connectivity index (χ3n) is 3.57. The first kappa shape index (κ1) is 15.8. The fourth-order valence-electron chi connectivity index (χ4n) is 2.47. The molecule has 0 aliphatic carbocycles. The van der Waals surface area contributed by atoms with Crippen molar-refractivity contribution in [2.75, 3.05) is 11.9 Å². The molecule has 2 unspecified atom stereocenters. The van der Waals surface area contributed by atoms with Crippen LogP contribution < -0.4 is 11.1 Å². The summed E-state index contributed by atoms with van der Waals surface area (Å²) in [5.74, 6) is -0.328. The first-order valence-electron chi connectivity index (χ1n) is 6.76. The van der Waals surface area contributed by atoms with E-state index in [2.05, 4.69) is 26.4 Å². The monoisotopic (exact) mass is 355 g/mol. The van der Waals surface area contributed by atoms with E-state index in [9.17, 15) is 4.79 Å². The van der Waals surface area contributed by atoms with Gasteiger partial charge in [0, 0.05) is 16.6 Å². The number of nitrogens with two attached hydrogens (primary N) is 1. The van der Waals surface area contributed by atoms with Crippen molar-refractivity contribution < 1.29 is 14.7 Å². The van der Waals surface area contributed by atoms with E-state index >= 15 is 0 Å². The van der Waals surface area contributed by atoms with Crippen LogP contribution in [-0.4, -0.2) is 29.7 Å². The lowest BCUT2D eigenvalue weighted by Crippen LogP contribution is -2.30. The van der Waals surface area contributed by atoms with Crippen LogP contribution in [0.3, 0.4) is 0 Å². The predicted octanol–water partition coefficient (Wildman–Crippen LogP) is 2.30. The highest BCUT2D eigenvalue weighted by Gasteiger charge is 2.33. The highest BCUT2D eigenvalue weighted by molar-refractivity contribution is 9.10. The van der Waals surface area contributed by atoms with Crippen molar-refractivity contribution in [2.45, 2.75) is 25.9 Å². The van der Waals surface area contributed by atoms with Crippen LogP contribution in [-0.2, 0) is 9.53 Å². The van der Waals surface area contributed by atoms with Crippen LogP contribution in [0.5, 0.6) is 0 Å². The van der Waals surface area contributed by atoms with E-state index in [0.29, 0.717) is 24.3 Å². The molecule has 1 fully saturated rings. The lowest BCUT2D eigenvalue weighted by atomic mass is 9.98. The number of nitrogens with one attached hydrogen (secondary N) is 1. The van der Waals surface area contributed by atoms with Gasteiger partial charge in [-0.3, -0.25) is 4.79 Å². The van der Waals surface area contributed by atoms with Crippen LogP contribution in [0.4, 0.5) is 5.69 Å². The van der Waals surface area contributed by atoms with Gasteiger partial charge in [-0.25, -0.2) is 0 Å². The third-order valence-corrected chi connectivity index (χ3v) is 4.07. The van der Waals surface area contributed by atoms with Gasteiger partial charge in [-0.05, 0) is 31.0 Å². The zero-order valence-corrected chi connectivity index (χ0v) is 13.3. The fourth-order valence-corrected chi connectivity index (χ4v) is 2.83. The highest BCUT2D eigenvalue weighted by atomic mass is 79.9. The molecule has 1 aliphatic heterocycles. The number of nitrogens with zero attached hydrogens (tertiary/aromatic N) is 1. The highest BCUT2D eigenvalue weighted by Crippen LogP contribution is 2.27. The molecule has 1 aromatic rings. The lowest BCUT2D eigenvalue weighted by molar-refractivity contribution is -0.121. The van der Waals surface area contributed by atoms with E-state index < -0.39 is 0 Å². The molecule has 21 heavy (non-hydrogen) atoms. The molecule has 1 heterocycles. The molecule has 6 nitrogen and oxygen atoms in total. The summed E-state index contributed by atoms with van der Waals surface area (Å²) in [5.41, 5.74) is 6.62. The second-order valence-electron chi connectivity index (χ2n) is 4.88. The summed E-state index contributed by atoms with van der Waals surface area (Å²) in [6.45, 7) is 2.60. The molecule has 0 bridgehead atoms.